The lowest BCUT2D eigenvalue weighted by Crippen LogP contribution is -2.27. The second kappa shape index (κ2) is 5.46. The highest BCUT2D eigenvalue weighted by atomic mass is 32.1. The third kappa shape index (κ3) is 2.76. The summed E-state index contributed by atoms with van der Waals surface area (Å²) in [6.45, 7) is 4.92. The first-order valence-corrected chi connectivity index (χ1v) is 6.59. The van der Waals surface area contributed by atoms with Gasteiger partial charge >= 0.3 is 5.97 Å². The van der Waals surface area contributed by atoms with Gasteiger partial charge in [0.25, 0.3) is 0 Å². The van der Waals surface area contributed by atoms with Gasteiger partial charge in [0.1, 0.15) is 5.00 Å². The van der Waals surface area contributed by atoms with Crippen molar-refractivity contribution >= 4 is 22.3 Å². The summed E-state index contributed by atoms with van der Waals surface area (Å²) in [5, 5.41) is 4.08. The quantitative estimate of drug-likeness (QED) is 0.834. The summed E-state index contributed by atoms with van der Waals surface area (Å²) >= 11 is 1.41. The molecule has 1 aliphatic rings. The zero-order valence-electron chi connectivity index (χ0n) is 9.93. The normalized spacial score (nSPS) is 23.6. The number of aromatic nitrogens is 1. The lowest BCUT2D eigenvalue weighted by atomic mass is 10.1. The Morgan fingerprint density at radius 1 is 1.76 bits per heavy atom. The van der Waals surface area contributed by atoms with E-state index in [1.54, 1.807) is 12.4 Å². The molecule has 6 heteroatoms. The van der Waals surface area contributed by atoms with Crippen LogP contribution >= 0.6 is 11.3 Å². The van der Waals surface area contributed by atoms with Crippen LogP contribution in [0, 0.1) is 0 Å². The molecule has 2 atom stereocenters. The summed E-state index contributed by atoms with van der Waals surface area (Å²) in [6, 6.07) is 0.239. The molecule has 1 aromatic heterocycles. The molecule has 0 aliphatic carbocycles. The minimum atomic E-state index is -0.372. The van der Waals surface area contributed by atoms with Crippen molar-refractivity contribution in [3.05, 3.63) is 11.2 Å². The van der Waals surface area contributed by atoms with Gasteiger partial charge in [-0.3, -0.25) is 0 Å². The molecule has 17 heavy (non-hydrogen) atoms. The van der Waals surface area contributed by atoms with Gasteiger partial charge in [0.15, 0.2) is 5.69 Å². The van der Waals surface area contributed by atoms with E-state index in [1.807, 2.05) is 6.92 Å². The zero-order chi connectivity index (χ0) is 12.3. The Labute approximate surface area is 104 Å². The molecule has 0 aromatic carbocycles. The number of esters is 1. The molecule has 0 radical (unpaired) electrons. The number of nitrogens with one attached hydrogen (secondary N) is 1. The maximum Gasteiger partial charge on any atom is 0.360 e. The molecule has 0 saturated carbocycles. The lowest BCUT2D eigenvalue weighted by Gasteiger charge is -2.16. The average Bonchev–Trinajstić information content (AvgIpc) is 2.90. The number of hydrogen-bond donors (Lipinski definition) is 1. The monoisotopic (exact) mass is 256 g/mol. The Morgan fingerprint density at radius 3 is 3.24 bits per heavy atom. The van der Waals surface area contributed by atoms with Crippen LogP contribution in [0.1, 0.15) is 30.8 Å². The lowest BCUT2D eigenvalue weighted by molar-refractivity contribution is 0.0521. The molecule has 2 heterocycles. The average molecular weight is 256 g/mol. The van der Waals surface area contributed by atoms with Crippen molar-refractivity contribution in [2.24, 2.45) is 0 Å². The van der Waals surface area contributed by atoms with Crippen LogP contribution in [0.15, 0.2) is 5.51 Å². The molecule has 1 N–H and O–H groups in total. The highest BCUT2D eigenvalue weighted by molar-refractivity contribution is 7.14. The number of carbonyl (C=O) groups excluding carboxylic acids is 1. The highest BCUT2D eigenvalue weighted by Crippen LogP contribution is 2.25. The molecular weight excluding hydrogens is 240 g/mol. The fraction of sp³-hybridized carbons (Fsp3) is 0.636. The van der Waals surface area contributed by atoms with Crippen molar-refractivity contribution in [2.75, 3.05) is 18.5 Å². The Kier molecular flexibility index (Phi) is 3.96. The SMILES string of the molecule is CCOC(=O)c1ncsc1NC1CCOC1C. The van der Waals surface area contributed by atoms with Crippen molar-refractivity contribution < 1.29 is 14.3 Å². The van der Waals surface area contributed by atoms with Crippen molar-refractivity contribution in [1.82, 2.24) is 4.98 Å². The van der Waals surface area contributed by atoms with E-state index in [1.165, 1.54) is 11.3 Å². The topological polar surface area (TPSA) is 60.5 Å². The van der Waals surface area contributed by atoms with Gasteiger partial charge in [0.05, 0.1) is 24.3 Å². The van der Waals surface area contributed by atoms with Crippen LogP contribution in [0.3, 0.4) is 0 Å². The van der Waals surface area contributed by atoms with Gasteiger partial charge in [-0.25, -0.2) is 9.78 Å². The summed E-state index contributed by atoms with van der Waals surface area (Å²) in [4.78, 5) is 15.7. The van der Waals surface area contributed by atoms with Gasteiger partial charge in [0, 0.05) is 6.61 Å². The van der Waals surface area contributed by atoms with E-state index in [9.17, 15) is 4.79 Å². The van der Waals surface area contributed by atoms with Crippen molar-refractivity contribution in [1.29, 1.82) is 0 Å². The standard InChI is InChI=1S/C11H16N2O3S/c1-3-15-11(14)9-10(17-6-12-9)13-8-4-5-16-7(8)2/h6-8,13H,3-5H2,1-2H3. The van der Waals surface area contributed by atoms with E-state index >= 15 is 0 Å². The van der Waals surface area contributed by atoms with Gasteiger partial charge in [-0.2, -0.15) is 0 Å². The largest absolute Gasteiger partial charge is 0.461 e. The van der Waals surface area contributed by atoms with E-state index in [2.05, 4.69) is 10.3 Å². The first-order valence-electron chi connectivity index (χ1n) is 5.71. The number of thiazole rings is 1. The van der Waals surface area contributed by atoms with E-state index in [-0.39, 0.29) is 18.1 Å². The van der Waals surface area contributed by atoms with Crippen LogP contribution in [-0.2, 0) is 9.47 Å². The van der Waals surface area contributed by atoms with Crippen LogP contribution in [0.25, 0.3) is 0 Å². The fourth-order valence-electron chi connectivity index (χ4n) is 1.78. The smallest absolute Gasteiger partial charge is 0.360 e. The van der Waals surface area contributed by atoms with E-state index in [0.717, 1.165) is 18.0 Å². The molecule has 0 bridgehead atoms. The van der Waals surface area contributed by atoms with E-state index in [4.69, 9.17) is 9.47 Å². The summed E-state index contributed by atoms with van der Waals surface area (Å²) in [6.07, 6.45) is 1.11. The summed E-state index contributed by atoms with van der Waals surface area (Å²) < 4.78 is 10.4. The van der Waals surface area contributed by atoms with Crippen LogP contribution < -0.4 is 5.32 Å². The minimum Gasteiger partial charge on any atom is -0.461 e. The third-order valence-corrected chi connectivity index (χ3v) is 3.49. The predicted octanol–water partition coefficient (Wildman–Crippen LogP) is 1.91. The third-order valence-electron chi connectivity index (χ3n) is 2.73. The van der Waals surface area contributed by atoms with Crippen molar-refractivity contribution in [3.63, 3.8) is 0 Å². The summed E-state index contributed by atoms with van der Waals surface area (Å²) in [5.41, 5.74) is 2.02. The predicted molar refractivity (Wildman–Crippen MR) is 65.5 cm³/mol. The minimum absolute atomic E-state index is 0.159. The summed E-state index contributed by atoms with van der Waals surface area (Å²) in [5.74, 6) is -0.372. The second-order valence-electron chi connectivity index (χ2n) is 3.87. The maximum absolute atomic E-state index is 11.6. The van der Waals surface area contributed by atoms with Crippen LogP contribution in [0.5, 0.6) is 0 Å². The van der Waals surface area contributed by atoms with Crippen LogP contribution in [0.2, 0.25) is 0 Å². The molecule has 1 saturated heterocycles. The fourth-order valence-corrected chi connectivity index (χ4v) is 2.51. The molecule has 2 rings (SSSR count). The molecule has 0 amide bonds. The molecule has 0 spiro atoms. The van der Waals surface area contributed by atoms with Gasteiger partial charge in [-0.15, -0.1) is 11.3 Å². The first kappa shape index (κ1) is 12.3. The van der Waals surface area contributed by atoms with E-state index < -0.39 is 0 Å². The Morgan fingerprint density at radius 2 is 2.59 bits per heavy atom. The molecule has 1 aromatic rings. The number of rotatable bonds is 4. The first-order chi connectivity index (χ1) is 8.22. The molecular formula is C11H16N2O3S. The Balaban J connectivity index is 2.06. The van der Waals surface area contributed by atoms with Crippen LogP contribution in [-0.4, -0.2) is 36.3 Å². The van der Waals surface area contributed by atoms with Gasteiger partial charge in [-0.05, 0) is 20.3 Å². The highest BCUT2D eigenvalue weighted by Gasteiger charge is 2.26. The Bertz CT molecular complexity index is 394. The number of hydrogen-bond acceptors (Lipinski definition) is 6. The van der Waals surface area contributed by atoms with Crippen LogP contribution in [0.4, 0.5) is 5.00 Å². The van der Waals surface area contributed by atoms with Gasteiger partial charge < -0.3 is 14.8 Å². The second-order valence-corrected chi connectivity index (χ2v) is 4.72. The van der Waals surface area contributed by atoms with Gasteiger partial charge in [0.2, 0.25) is 0 Å². The molecule has 1 aliphatic heterocycles. The molecule has 94 valence electrons. The number of carbonyl (C=O) groups is 1. The molecule has 2 unspecified atom stereocenters. The van der Waals surface area contributed by atoms with Crippen molar-refractivity contribution in [3.8, 4) is 0 Å². The summed E-state index contributed by atoms with van der Waals surface area (Å²) in [7, 11) is 0. The number of ether oxygens (including phenoxy) is 2. The van der Waals surface area contributed by atoms with Crippen molar-refractivity contribution in [2.45, 2.75) is 32.4 Å². The number of anilines is 1. The molecule has 1 fully saturated rings. The van der Waals surface area contributed by atoms with Gasteiger partial charge in [-0.1, -0.05) is 0 Å². The van der Waals surface area contributed by atoms with E-state index in [0.29, 0.717) is 12.3 Å². The molecule has 5 nitrogen and oxygen atoms in total. The zero-order valence-corrected chi connectivity index (χ0v) is 10.8. The Hall–Kier alpha value is -1.14. The maximum atomic E-state index is 11.6. The number of nitrogens with zero attached hydrogens (tertiary/aromatic N) is 1.